The van der Waals surface area contributed by atoms with Crippen LogP contribution < -0.4 is 5.32 Å². The number of hydrogen-bond donors (Lipinski definition) is 1. The minimum atomic E-state index is -0.730. The second kappa shape index (κ2) is 4.20. The molecule has 0 aromatic carbocycles. The summed E-state index contributed by atoms with van der Waals surface area (Å²) in [5.74, 6) is -1.12. The summed E-state index contributed by atoms with van der Waals surface area (Å²) >= 11 is 0. The maximum Gasteiger partial charge on any atom is 0.332 e. The van der Waals surface area contributed by atoms with Crippen LogP contribution >= 0.6 is 0 Å². The maximum atomic E-state index is 11.1. The van der Waals surface area contributed by atoms with E-state index in [1.54, 1.807) is 0 Å². The van der Waals surface area contributed by atoms with Crippen LogP contribution in [-0.4, -0.2) is 38.6 Å². The van der Waals surface area contributed by atoms with Gasteiger partial charge in [-0.1, -0.05) is 0 Å². The van der Waals surface area contributed by atoms with Gasteiger partial charge in [-0.25, -0.2) is 4.79 Å². The van der Waals surface area contributed by atoms with Crippen LogP contribution in [0.5, 0.6) is 0 Å². The van der Waals surface area contributed by atoms with Crippen LogP contribution in [0.4, 0.5) is 0 Å². The third kappa shape index (κ3) is 1.98. The summed E-state index contributed by atoms with van der Waals surface area (Å²) in [6.45, 7) is 2.09. The fraction of sp³-hybridized carbons (Fsp3) is 0.700. The zero-order valence-corrected chi connectivity index (χ0v) is 8.75. The van der Waals surface area contributed by atoms with Gasteiger partial charge in [0.15, 0.2) is 0 Å². The van der Waals surface area contributed by atoms with E-state index in [2.05, 4.69) is 10.1 Å². The molecule has 0 aliphatic carbocycles. The second-order valence-corrected chi connectivity index (χ2v) is 3.56. The lowest BCUT2D eigenvalue weighted by atomic mass is 10.1. The summed E-state index contributed by atoms with van der Waals surface area (Å²) in [6, 6.07) is 0. The summed E-state index contributed by atoms with van der Waals surface area (Å²) < 4.78 is 15.8. The predicted molar refractivity (Wildman–Crippen MR) is 52.0 cm³/mol. The number of carbonyl (C=O) groups is 1. The van der Waals surface area contributed by atoms with Crippen molar-refractivity contribution in [1.29, 1.82) is 0 Å². The third-order valence-electron chi connectivity index (χ3n) is 2.60. The standard InChI is InChI=1S/C10H15NO4/c1-13-9(12)7-8-10(3-4-11-8)14-5-2-6-15-10/h7,11H,2-6H2,1H3/b8-7-. The van der Waals surface area contributed by atoms with Gasteiger partial charge in [0.25, 0.3) is 0 Å². The molecule has 2 heterocycles. The SMILES string of the molecule is COC(=O)/C=C1\NCCC12OCCCO2. The molecule has 2 aliphatic heterocycles. The molecule has 0 amide bonds. The Morgan fingerprint density at radius 3 is 2.93 bits per heavy atom. The molecule has 2 aliphatic rings. The predicted octanol–water partition coefficient (Wildman–Crippen LogP) is 0.170. The number of nitrogens with one attached hydrogen (secondary N) is 1. The van der Waals surface area contributed by atoms with Gasteiger partial charge in [-0.05, 0) is 6.42 Å². The first kappa shape index (κ1) is 10.4. The number of rotatable bonds is 1. The minimum Gasteiger partial charge on any atom is -0.466 e. The molecule has 5 heteroatoms. The molecule has 15 heavy (non-hydrogen) atoms. The Bertz CT molecular complexity index is 281. The van der Waals surface area contributed by atoms with E-state index < -0.39 is 11.8 Å². The highest BCUT2D eigenvalue weighted by molar-refractivity contribution is 5.83. The summed E-state index contributed by atoms with van der Waals surface area (Å²) in [7, 11) is 1.35. The molecule has 1 spiro atoms. The lowest BCUT2D eigenvalue weighted by molar-refractivity contribution is -0.238. The molecule has 0 bridgehead atoms. The van der Waals surface area contributed by atoms with E-state index in [-0.39, 0.29) is 0 Å². The summed E-state index contributed by atoms with van der Waals surface area (Å²) in [4.78, 5) is 11.1. The van der Waals surface area contributed by atoms with Crippen LogP contribution in [0.25, 0.3) is 0 Å². The molecule has 2 fully saturated rings. The molecule has 0 radical (unpaired) electrons. The van der Waals surface area contributed by atoms with Gasteiger partial charge in [-0.2, -0.15) is 0 Å². The van der Waals surface area contributed by atoms with E-state index >= 15 is 0 Å². The summed E-state index contributed by atoms with van der Waals surface area (Å²) in [6.07, 6.45) is 3.03. The number of carbonyl (C=O) groups excluding carboxylic acids is 1. The van der Waals surface area contributed by atoms with Crippen molar-refractivity contribution in [1.82, 2.24) is 5.32 Å². The van der Waals surface area contributed by atoms with Gasteiger partial charge < -0.3 is 19.5 Å². The average molecular weight is 213 g/mol. The van der Waals surface area contributed by atoms with Crippen LogP contribution in [-0.2, 0) is 19.0 Å². The molecule has 1 N–H and O–H groups in total. The normalized spacial score (nSPS) is 26.6. The van der Waals surface area contributed by atoms with Crippen molar-refractivity contribution < 1.29 is 19.0 Å². The Kier molecular flexibility index (Phi) is 2.93. The number of esters is 1. The van der Waals surface area contributed by atoms with Crippen LogP contribution in [0.15, 0.2) is 11.8 Å². The Hall–Kier alpha value is -1.07. The number of methoxy groups -OCH3 is 1. The minimum absolute atomic E-state index is 0.392. The molecule has 0 unspecified atom stereocenters. The Morgan fingerprint density at radius 2 is 2.27 bits per heavy atom. The third-order valence-corrected chi connectivity index (χ3v) is 2.60. The summed E-state index contributed by atoms with van der Waals surface area (Å²) in [5, 5.41) is 3.09. The highest BCUT2D eigenvalue weighted by Crippen LogP contribution is 2.33. The molecular weight excluding hydrogens is 198 g/mol. The van der Waals surface area contributed by atoms with Gasteiger partial charge in [-0.3, -0.25) is 0 Å². The van der Waals surface area contributed by atoms with Crippen molar-refractivity contribution in [2.45, 2.75) is 18.6 Å². The largest absolute Gasteiger partial charge is 0.466 e. The van der Waals surface area contributed by atoms with Crippen LogP contribution in [0.1, 0.15) is 12.8 Å². The van der Waals surface area contributed by atoms with Crippen LogP contribution in [0.2, 0.25) is 0 Å². The Labute approximate surface area is 88.4 Å². The summed E-state index contributed by atoms with van der Waals surface area (Å²) in [5.41, 5.74) is 0.675. The first-order chi connectivity index (χ1) is 7.27. The molecule has 0 aromatic heterocycles. The fourth-order valence-electron chi connectivity index (χ4n) is 1.84. The van der Waals surface area contributed by atoms with Gasteiger partial charge >= 0.3 is 5.97 Å². The van der Waals surface area contributed by atoms with E-state index in [1.165, 1.54) is 13.2 Å². The lowest BCUT2D eigenvalue weighted by Crippen LogP contribution is -2.41. The maximum absolute atomic E-state index is 11.1. The van der Waals surface area contributed by atoms with Crippen LogP contribution in [0.3, 0.4) is 0 Å². The van der Waals surface area contributed by atoms with E-state index in [1.807, 2.05) is 0 Å². The average Bonchev–Trinajstić information content (AvgIpc) is 2.63. The lowest BCUT2D eigenvalue weighted by Gasteiger charge is -2.33. The molecule has 2 rings (SSSR count). The van der Waals surface area contributed by atoms with Crippen molar-refractivity contribution in [3.63, 3.8) is 0 Å². The molecule has 84 valence electrons. The Morgan fingerprint density at radius 1 is 1.53 bits per heavy atom. The quantitative estimate of drug-likeness (QED) is 0.497. The molecule has 5 nitrogen and oxygen atoms in total. The van der Waals surface area contributed by atoms with Gasteiger partial charge in [0.1, 0.15) is 0 Å². The highest BCUT2D eigenvalue weighted by atomic mass is 16.7. The monoisotopic (exact) mass is 213 g/mol. The molecular formula is C10H15NO4. The van der Waals surface area contributed by atoms with Crippen LogP contribution in [0, 0.1) is 0 Å². The first-order valence-corrected chi connectivity index (χ1v) is 5.09. The smallest absolute Gasteiger partial charge is 0.332 e. The van der Waals surface area contributed by atoms with Gasteiger partial charge in [0, 0.05) is 19.0 Å². The van der Waals surface area contributed by atoms with Gasteiger partial charge in [0.2, 0.25) is 5.79 Å². The van der Waals surface area contributed by atoms with Crippen molar-refractivity contribution in [2.24, 2.45) is 0 Å². The molecule has 0 aromatic rings. The zero-order valence-electron chi connectivity index (χ0n) is 8.75. The van der Waals surface area contributed by atoms with E-state index in [0.717, 1.165) is 19.4 Å². The van der Waals surface area contributed by atoms with E-state index in [4.69, 9.17) is 9.47 Å². The molecule has 2 saturated heterocycles. The second-order valence-electron chi connectivity index (χ2n) is 3.56. The van der Waals surface area contributed by atoms with Crippen molar-refractivity contribution >= 4 is 5.97 Å². The highest BCUT2D eigenvalue weighted by Gasteiger charge is 2.43. The number of hydrogen-bond acceptors (Lipinski definition) is 5. The number of ether oxygens (including phenoxy) is 3. The topological polar surface area (TPSA) is 56.8 Å². The fourth-order valence-corrected chi connectivity index (χ4v) is 1.84. The Balaban J connectivity index is 2.16. The molecule has 0 saturated carbocycles. The first-order valence-electron chi connectivity index (χ1n) is 5.09. The molecule has 0 atom stereocenters. The van der Waals surface area contributed by atoms with Crippen molar-refractivity contribution in [3.8, 4) is 0 Å². The van der Waals surface area contributed by atoms with E-state index in [9.17, 15) is 4.79 Å². The van der Waals surface area contributed by atoms with E-state index in [0.29, 0.717) is 18.9 Å². The van der Waals surface area contributed by atoms with Crippen molar-refractivity contribution in [2.75, 3.05) is 26.9 Å². The van der Waals surface area contributed by atoms with Gasteiger partial charge in [-0.15, -0.1) is 0 Å². The van der Waals surface area contributed by atoms with Gasteiger partial charge in [0.05, 0.1) is 26.0 Å². The zero-order chi connectivity index (χ0) is 10.7. The van der Waals surface area contributed by atoms with Crippen molar-refractivity contribution in [3.05, 3.63) is 11.8 Å².